The Morgan fingerprint density at radius 1 is 1.11 bits per heavy atom. The van der Waals surface area contributed by atoms with Crippen molar-refractivity contribution in [1.82, 2.24) is 14.9 Å². The Kier molecular flexibility index (Phi) is 5.24. The van der Waals surface area contributed by atoms with Gasteiger partial charge in [0.1, 0.15) is 11.6 Å². The summed E-state index contributed by atoms with van der Waals surface area (Å²) in [5, 5.41) is 7.68. The monoisotopic (exact) mass is 391 g/mol. The average molecular weight is 391 g/mol. The third-order valence-electron chi connectivity index (χ3n) is 3.95. The van der Waals surface area contributed by atoms with Gasteiger partial charge in [-0.2, -0.15) is 0 Å². The third kappa shape index (κ3) is 4.15. The molecule has 9 heteroatoms. The first-order valence-corrected chi connectivity index (χ1v) is 9.51. The molecule has 2 aromatic carbocycles. The van der Waals surface area contributed by atoms with Crippen LogP contribution in [0.5, 0.6) is 5.75 Å². The second-order valence-electron chi connectivity index (χ2n) is 5.92. The zero-order valence-electron chi connectivity index (χ0n) is 15.0. The van der Waals surface area contributed by atoms with Crippen LogP contribution in [-0.2, 0) is 16.6 Å². The number of ether oxygens (including phenoxy) is 1. The van der Waals surface area contributed by atoms with Gasteiger partial charge < -0.3 is 9.15 Å². The van der Waals surface area contributed by atoms with E-state index in [-0.39, 0.29) is 29.0 Å². The Labute approximate surface area is 156 Å². The first-order valence-electron chi connectivity index (χ1n) is 8.03. The summed E-state index contributed by atoms with van der Waals surface area (Å²) in [7, 11) is -2.25. The van der Waals surface area contributed by atoms with E-state index in [1.54, 1.807) is 26.0 Å². The standard InChI is InChI=1S/C18H18FN3O4S/c1-11-9-16(12(2)8-15(11)25-3)27(23,24)20-10-17-21-22-18(26-17)13-4-6-14(19)7-5-13/h4-9,20H,10H2,1-3H3. The summed E-state index contributed by atoms with van der Waals surface area (Å²) in [5.41, 5.74) is 1.81. The van der Waals surface area contributed by atoms with Crippen molar-refractivity contribution in [2.24, 2.45) is 0 Å². The summed E-state index contributed by atoms with van der Waals surface area (Å²) >= 11 is 0. The van der Waals surface area contributed by atoms with E-state index >= 15 is 0 Å². The highest BCUT2D eigenvalue weighted by Crippen LogP contribution is 2.25. The van der Waals surface area contributed by atoms with Crippen molar-refractivity contribution in [3.8, 4) is 17.2 Å². The Hall–Kier alpha value is -2.78. The van der Waals surface area contributed by atoms with Gasteiger partial charge in [-0.3, -0.25) is 0 Å². The maximum atomic E-state index is 13.0. The zero-order valence-corrected chi connectivity index (χ0v) is 15.8. The lowest BCUT2D eigenvalue weighted by molar-refractivity contribution is 0.411. The predicted octanol–water partition coefficient (Wildman–Crippen LogP) is 2.98. The molecule has 0 amide bonds. The van der Waals surface area contributed by atoms with Crippen molar-refractivity contribution in [3.05, 3.63) is 59.2 Å². The molecule has 27 heavy (non-hydrogen) atoms. The van der Waals surface area contributed by atoms with E-state index in [1.165, 1.54) is 31.4 Å². The number of hydrogen-bond acceptors (Lipinski definition) is 6. The lowest BCUT2D eigenvalue weighted by atomic mass is 10.1. The van der Waals surface area contributed by atoms with Crippen LogP contribution < -0.4 is 9.46 Å². The SMILES string of the molecule is COc1cc(C)c(S(=O)(=O)NCc2nnc(-c3ccc(F)cc3)o2)cc1C. The van der Waals surface area contributed by atoms with Crippen molar-refractivity contribution >= 4 is 10.0 Å². The van der Waals surface area contributed by atoms with E-state index in [1.807, 2.05) is 0 Å². The minimum absolute atomic E-state index is 0.0980. The molecule has 0 bridgehead atoms. The highest BCUT2D eigenvalue weighted by atomic mass is 32.2. The van der Waals surface area contributed by atoms with Crippen LogP contribution >= 0.6 is 0 Å². The van der Waals surface area contributed by atoms with Gasteiger partial charge in [0.15, 0.2) is 0 Å². The van der Waals surface area contributed by atoms with E-state index in [0.29, 0.717) is 22.4 Å². The van der Waals surface area contributed by atoms with E-state index in [9.17, 15) is 12.8 Å². The molecule has 0 fully saturated rings. The summed E-state index contributed by atoms with van der Waals surface area (Å²) in [6.07, 6.45) is 0. The van der Waals surface area contributed by atoms with Gasteiger partial charge in [-0.15, -0.1) is 10.2 Å². The van der Waals surface area contributed by atoms with Gasteiger partial charge in [-0.1, -0.05) is 0 Å². The van der Waals surface area contributed by atoms with Crippen molar-refractivity contribution in [1.29, 1.82) is 0 Å². The largest absolute Gasteiger partial charge is 0.496 e. The van der Waals surface area contributed by atoms with Crippen molar-refractivity contribution < 1.29 is 22.0 Å². The lowest BCUT2D eigenvalue weighted by Gasteiger charge is -2.12. The topological polar surface area (TPSA) is 94.3 Å². The van der Waals surface area contributed by atoms with Crippen LogP contribution in [0.1, 0.15) is 17.0 Å². The van der Waals surface area contributed by atoms with Gasteiger partial charge in [-0.05, 0) is 61.4 Å². The summed E-state index contributed by atoms with van der Waals surface area (Å²) in [6, 6.07) is 8.77. The molecule has 0 saturated heterocycles. The van der Waals surface area contributed by atoms with Crippen LogP contribution in [0.2, 0.25) is 0 Å². The van der Waals surface area contributed by atoms with Crippen molar-refractivity contribution in [3.63, 3.8) is 0 Å². The fourth-order valence-corrected chi connectivity index (χ4v) is 3.83. The number of sulfonamides is 1. The first-order chi connectivity index (χ1) is 12.8. The molecule has 0 radical (unpaired) electrons. The summed E-state index contributed by atoms with van der Waals surface area (Å²) < 4.78 is 51.3. The predicted molar refractivity (Wildman–Crippen MR) is 96.2 cm³/mol. The molecule has 0 spiro atoms. The molecule has 3 rings (SSSR count). The normalized spacial score (nSPS) is 11.6. The number of hydrogen-bond donors (Lipinski definition) is 1. The van der Waals surface area contributed by atoms with Crippen molar-refractivity contribution in [2.75, 3.05) is 7.11 Å². The number of aromatic nitrogens is 2. The van der Waals surface area contributed by atoms with Crippen LogP contribution in [0, 0.1) is 19.7 Å². The number of nitrogens with zero attached hydrogens (tertiary/aromatic N) is 2. The number of halogens is 1. The minimum atomic E-state index is -3.78. The fourth-order valence-electron chi connectivity index (χ4n) is 2.54. The van der Waals surface area contributed by atoms with Gasteiger partial charge in [0.25, 0.3) is 0 Å². The summed E-state index contributed by atoms with van der Waals surface area (Å²) in [4.78, 5) is 0.152. The Balaban J connectivity index is 1.76. The zero-order chi connectivity index (χ0) is 19.6. The van der Waals surface area contributed by atoms with Gasteiger partial charge >= 0.3 is 0 Å². The Morgan fingerprint density at radius 3 is 2.48 bits per heavy atom. The van der Waals surface area contributed by atoms with Gasteiger partial charge in [0, 0.05) is 5.56 Å². The van der Waals surface area contributed by atoms with Crippen LogP contribution in [0.15, 0.2) is 45.7 Å². The molecule has 1 N–H and O–H groups in total. The van der Waals surface area contributed by atoms with Crippen LogP contribution in [-0.4, -0.2) is 25.7 Å². The molecule has 0 aliphatic carbocycles. The van der Waals surface area contributed by atoms with Gasteiger partial charge in [-0.25, -0.2) is 17.5 Å². The van der Waals surface area contributed by atoms with Crippen LogP contribution in [0.25, 0.3) is 11.5 Å². The van der Waals surface area contributed by atoms with E-state index in [0.717, 1.165) is 0 Å². The second-order valence-corrected chi connectivity index (χ2v) is 7.66. The molecule has 7 nitrogen and oxygen atoms in total. The molecule has 1 aromatic heterocycles. The quantitative estimate of drug-likeness (QED) is 0.694. The smallest absolute Gasteiger partial charge is 0.247 e. The average Bonchev–Trinajstić information content (AvgIpc) is 3.11. The van der Waals surface area contributed by atoms with Crippen molar-refractivity contribution in [2.45, 2.75) is 25.3 Å². The molecule has 0 saturated carbocycles. The Bertz CT molecular complexity index is 1060. The molecular weight excluding hydrogens is 373 g/mol. The fraction of sp³-hybridized carbons (Fsp3) is 0.222. The number of benzene rings is 2. The molecule has 0 aliphatic heterocycles. The van der Waals surface area contributed by atoms with E-state index in [2.05, 4.69) is 14.9 Å². The molecule has 0 unspecified atom stereocenters. The van der Waals surface area contributed by atoms with Gasteiger partial charge in [0.2, 0.25) is 21.8 Å². The highest BCUT2D eigenvalue weighted by Gasteiger charge is 2.20. The number of nitrogens with one attached hydrogen (secondary N) is 1. The van der Waals surface area contributed by atoms with Gasteiger partial charge in [0.05, 0.1) is 18.6 Å². The third-order valence-corrected chi connectivity index (χ3v) is 5.50. The highest BCUT2D eigenvalue weighted by molar-refractivity contribution is 7.89. The van der Waals surface area contributed by atoms with E-state index in [4.69, 9.17) is 9.15 Å². The minimum Gasteiger partial charge on any atom is -0.496 e. The molecule has 0 atom stereocenters. The van der Waals surface area contributed by atoms with Crippen LogP contribution in [0.4, 0.5) is 4.39 Å². The lowest BCUT2D eigenvalue weighted by Crippen LogP contribution is -2.24. The molecule has 1 heterocycles. The first kappa shape index (κ1) is 19.0. The molecule has 0 aliphatic rings. The number of methoxy groups -OCH3 is 1. The maximum Gasteiger partial charge on any atom is 0.247 e. The number of rotatable bonds is 6. The Morgan fingerprint density at radius 2 is 1.81 bits per heavy atom. The van der Waals surface area contributed by atoms with Crippen LogP contribution in [0.3, 0.4) is 0 Å². The maximum absolute atomic E-state index is 13.0. The summed E-state index contributed by atoms with van der Waals surface area (Å²) in [5.74, 6) is 0.519. The summed E-state index contributed by atoms with van der Waals surface area (Å²) in [6.45, 7) is 3.29. The number of aryl methyl sites for hydroxylation is 2. The van der Waals surface area contributed by atoms with E-state index < -0.39 is 10.0 Å². The molecule has 3 aromatic rings. The second kappa shape index (κ2) is 7.45. The molecular formula is C18H18FN3O4S. The molecule has 142 valence electrons.